The number of fused-ring (bicyclic) bond motifs is 1. The fraction of sp³-hybridized carbons (Fsp3) is 0.333. The van der Waals surface area contributed by atoms with Crippen LogP contribution < -0.4 is 14.8 Å². The number of nitrogens with zero attached hydrogens (tertiary/aromatic N) is 2. The van der Waals surface area contributed by atoms with Crippen molar-refractivity contribution in [2.75, 3.05) is 46.1 Å². The summed E-state index contributed by atoms with van der Waals surface area (Å²) >= 11 is 0. The highest BCUT2D eigenvalue weighted by Crippen LogP contribution is 2.34. The Balaban J connectivity index is 1.28. The summed E-state index contributed by atoms with van der Waals surface area (Å²) in [6, 6.07) is 17.4. The molecule has 1 aromatic heterocycles. The molecule has 0 radical (unpaired) electrons. The molecule has 1 atom stereocenters. The van der Waals surface area contributed by atoms with Gasteiger partial charge in [0.15, 0.2) is 23.0 Å². The van der Waals surface area contributed by atoms with Crippen molar-refractivity contribution >= 4 is 5.91 Å². The summed E-state index contributed by atoms with van der Waals surface area (Å²) in [6.07, 6.45) is 0. The first-order chi connectivity index (χ1) is 15.8. The lowest BCUT2D eigenvalue weighted by Gasteiger charge is -2.34. The fourth-order valence-electron chi connectivity index (χ4n) is 4.02. The van der Waals surface area contributed by atoms with Crippen LogP contribution >= 0.6 is 0 Å². The van der Waals surface area contributed by atoms with Crippen molar-refractivity contribution in [1.82, 2.24) is 15.4 Å². The third kappa shape index (κ3) is 4.46. The predicted molar refractivity (Wildman–Crippen MR) is 117 cm³/mol. The van der Waals surface area contributed by atoms with Crippen molar-refractivity contribution in [3.8, 4) is 22.8 Å². The SMILES string of the molecule is O=C(NC[C@@H](c1ccccc1)N1CCOCC1)c1cc(-c2ccc3c(c2)OCCO3)on1. The normalized spacial score (nSPS) is 17.0. The van der Waals surface area contributed by atoms with Gasteiger partial charge in [-0.25, -0.2) is 0 Å². The smallest absolute Gasteiger partial charge is 0.273 e. The van der Waals surface area contributed by atoms with E-state index >= 15 is 0 Å². The van der Waals surface area contributed by atoms with Gasteiger partial charge in [0.1, 0.15) is 13.2 Å². The first kappa shape index (κ1) is 20.5. The number of hydrogen-bond donors (Lipinski definition) is 1. The number of morpholine rings is 1. The molecule has 2 aromatic carbocycles. The Morgan fingerprint density at radius 2 is 1.75 bits per heavy atom. The van der Waals surface area contributed by atoms with Gasteiger partial charge in [-0.2, -0.15) is 0 Å². The Labute approximate surface area is 186 Å². The fourth-order valence-corrected chi connectivity index (χ4v) is 4.02. The highest BCUT2D eigenvalue weighted by molar-refractivity contribution is 5.93. The van der Waals surface area contributed by atoms with E-state index in [1.54, 1.807) is 6.07 Å². The minimum absolute atomic E-state index is 0.0632. The Hall–Kier alpha value is -3.36. The van der Waals surface area contributed by atoms with E-state index in [-0.39, 0.29) is 17.6 Å². The highest BCUT2D eigenvalue weighted by Gasteiger charge is 2.24. The molecule has 1 amide bonds. The lowest BCUT2D eigenvalue weighted by Crippen LogP contribution is -2.43. The molecule has 0 bridgehead atoms. The topological polar surface area (TPSA) is 86.1 Å². The van der Waals surface area contributed by atoms with Gasteiger partial charge in [0.2, 0.25) is 0 Å². The highest BCUT2D eigenvalue weighted by atomic mass is 16.6. The molecule has 8 heteroatoms. The molecule has 8 nitrogen and oxygen atoms in total. The Bertz CT molecular complexity index is 1060. The van der Waals surface area contributed by atoms with Crippen molar-refractivity contribution in [3.63, 3.8) is 0 Å². The second-order valence-corrected chi connectivity index (χ2v) is 7.72. The van der Waals surface area contributed by atoms with E-state index in [2.05, 4.69) is 27.5 Å². The van der Waals surface area contributed by atoms with Crippen LogP contribution in [0.25, 0.3) is 11.3 Å². The van der Waals surface area contributed by atoms with Crippen molar-refractivity contribution in [3.05, 3.63) is 65.9 Å². The van der Waals surface area contributed by atoms with Crippen LogP contribution in [0.1, 0.15) is 22.1 Å². The molecule has 3 aromatic rings. The first-order valence-electron chi connectivity index (χ1n) is 10.8. The van der Waals surface area contributed by atoms with Crippen molar-refractivity contribution in [2.24, 2.45) is 0 Å². The van der Waals surface area contributed by atoms with Crippen LogP contribution in [0.4, 0.5) is 0 Å². The summed E-state index contributed by atoms with van der Waals surface area (Å²) in [7, 11) is 0. The van der Waals surface area contributed by atoms with Gasteiger partial charge in [0.05, 0.1) is 19.3 Å². The van der Waals surface area contributed by atoms with E-state index in [1.165, 1.54) is 0 Å². The number of carbonyl (C=O) groups is 1. The van der Waals surface area contributed by atoms with Crippen LogP contribution in [-0.4, -0.2) is 62.0 Å². The van der Waals surface area contributed by atoms with E-state index in [9.17, 15) is 4.79 Å². The maximum atomic E-state index is 12.8. The van der Waals surface area contributed by atoms with Gasteiger partial charge in [0, 0.05) is 31.3 Å². The number of nitrogens with one attached hydrogen (secondary N) is 1. The van der Waals surface area contributed by atoms with Gasteiger partial charge < -0.3 is 24.1 Å². The summed E-state index contributed by atoms with van der Waals surface area (Å²) in [4.78, 5) is 15.2. The molecule has 32 heavy (non-hydrogen) atoms. The molecule has 1 N–H and O–H groups in total. The number of aromatic nitrogens is 1. The molecule has 0 saturated carbocycles. The van der Waals surface area contributed by atoms with Gasteiger partial charge in [-0.1, -0.05) is 35.5 Å². The van der Waals surface area contributed by atoms with Gasteiger partial charge in [0.25, 0.3) is 5.91 Å². The zero-order valence-corrected chi connectivity index (χ0v) is 17.7. The molecule has 1 saturated heterocycles. The second-order valence-electron chi connectivity index (χ2n) is 7.72. The van der Waals surface area contributed by atoms with Crippen LogP contribution in [0.5, 0.6) is 11.5 Å². The molecular weight excluding hydrogens is 410 g/mol. The van der Waals surface area contributed by atoms with Crippen molar-refractivity contribution < 1.29 is 23.5 Å². The molecule has 0 spiro atoms. The zero-order valence-electron chi connectivity index (χ0n) is 17.7. The lowest BCUT2D eigenvalue weighted by atomic mass is 10.0. The molecule has 3 heterocycles. The summed E-state index contributed by atoms with van der Waals surface area (Å²) in [5, 5.41) is 7.00. The van der Waals surface area contributed by atoms with Crippen LogP contribution in [0.15, 0.2) is 59.1 Å². The molecule has 1 fully saturated rings. The third-order valence-corrected chi connectivity index (χ3v) is 5.70. The maximum Gasteiger partial charge on any atom is 0.273 e. The number of amides is 1. The van der Waals surface area contributed by atoms with Crippen LogP contribution in [0, 0.1) is 0 Å². The number of ether oxygens (including phenoxy) is 3. The molecule has 2 aliphatic heterocycles. The average molecular weight is 435 g/mol. The number of hydrogen-bond acceptors (Lipinski definition) is 7. The average Bonchev–Trinajstić information content (AvgIpc) is 3.36. The van der Waals surface area contributed by atoms with Gasteiger partial charge in [-0.15, -0.1) is 0 Å². The van der Waals surface area contributed by atoms with E-state index in [0.717, 1.165) is 24.2 Å². The standard InChI is InChI=1S/C24H25N3O5/c28-24(25-16-20(17-4-2-1-3-5-17)27-8-10-29-11-9-27)19-15-22(32-26-19)18-6-7-21-23(14-18)31-13-12-30-21/h1-7,14-15,20H,8-13,16H2,(H,25,28)/t20-/m0/s1. The van der Waals surface area contributed by atoms with Crippen molar-refractivity contribution in [1.29, 1.82) is 0 Å². The molecule has 0 unspecified atom stereocenters. The summed E-state index contributed by atoms with van der Waals surface area (Å²) in [5.41, 5.74) is 2.17. The minimum atomic E-state index is -0.272. The minimum Gasteiger partial charge on any atom is -0.486 e. The van der Waals surface area contributed by atoms with Crippen LogP contribution in [0.2, 0.25) is 0 Å². The lowest BCUT2D eigenvalue weighted by molar-refractivity contribution is 0.0162. The molecule has 2 aliphatic rings. The Morgan fingerprint density at radius 3 is 2.56 bits per heavy atom. The van der Waals surface area contributed by atoms with Gasteiger partial charge in [-0.3, -0.25) is 9.69 Å². The van der Waals surface area contributed by atoms with Crippen LogP contribution in [-0.2, 0) is 4.74 Å². The van der Waals surface area contributed by atoms with E-state index in [4.69, 9.17) is 18.7 Å². The first-order valence-corrected chi connectivity index (χ1v) is 10.8. The third-order valence-electron chi connectivity index (χ3n) is 5.70. The number of benzene rings is 2. The molecular formula is C24H25N3O5. The Kier molecular flexibility index (Phi) is 6.04. The molecule has 5 rings (SSSR count). The maximum absolute atomic E-state index is 12.8. The number of rotatable bonds is 6. The molecule has 0 aliphatic carbocycles. The summed E-state index contributed by atoms with van der Waals surface area (Å²) in [6.45, 7) is 4.55. The quantitative estimate of drug-likeness (QED) is 0.637. The predicted octanol–water partition coefficient (Wildman–Crippen LogP) is 2.92. The van der Waals surface area contributed by atoms with E-state index < -0.39 is 0 Å². The van der Waals surface area contributed by atoms with Gasteiger partial charge >= 0.3 is 0 Å². The Morgan fingerprint density at radius 1 is 0.969 bits per heavy atom. The van der Waals surface area contributed by atoms with E-state index in [0.29, 0.717) is 50.2 Å². The second kappa shape index (κ2) is 9.42. The van der Waals surface area contributed by atoms with Crippen LogP contribution in [0.3, 0.4) is 0 Å². The summed E-state index contributed by atoms with van der Waals surface area (Å²) in [5.74, 6) is 1.59. The number of carbonyl (C=O) groups excluding carboxylic acids is 1. The monoisotopic (exact) mass is 435 g/mol. The van der Waals surface area contributed by atoms with E-state index in [1.807, 2.05) is 36.4 Å². The zero-order chi connectivity index (χ0) is 21.8. The molecule has 166 valence electrons. The largest absolute Gasteiger partial charge is 0.486 e. The van der Waals surface area contributed by atoms with Crippen molar-refractivity contribution in [2.45, 2.75) is 6.04 Å². The summed E-state index contributed by atoms with van der Waals surface area (Å²) < 4.78 is 22.1. The van der Waals surface area contributed by atoms with Gasteiger partial charge in [-0.05, 0) is 23.8 Å².